The molecule has 6 nitrogen and oxygen atoms in total. The maximum Gasteiger partial charge on any atom is 0.522 e. The van der Waals surface area contributed by atoms with Crippen LogP contribution in [-0.2, 0) is 9.59 Å². The number of aliphatic carboxylic acids is 1. The Morgan fingerprint density at radius 1 is 1.04 bits per heavy atom. The number of rotatable bonds is 4. The molecule has 4 rings (SSSR count). The zero-order valence-electron chi connectivity index (χ0n) is 15.6. The molecule has 2 aromatic rings. The molecular weight excluding hydrogens is 358 g/mol. The van der Waals surface area contributed by atoms with Crippen molar-refractivity contribution >= 4 is 18.0 Å². The van der Waals surface area contributed by atoms with Gasteiger partial charge in [-0.05, 0) is 22.3 Å². The summed E-state index contributed by atoms with van der Waals surface area (Å²) in [5.41, 5.74) is 2.26. The molecule has 2 aromatic carbocycles. The molecule has 1 fully saturated rings. The highest BCUT2D eigenvalue weighted by molar-refractivity contribution is 5.92. The van der Waals surface area contributed by atoms with E-state index in [9.17, 15) is 24.6 Å². The van der Waals surface area contributed by atoms with Crippen molar-refractivity contribution in [2.75, 3.05) is 6.54 Å². The minimum Gasteiger partial charge on any atom is -0.477 e. The Balaban J connectivity index is 1.92. The van der Waals surface area contributed by atoms with E-state index in [-0.39, 0.29) is 31.7 Å². The lowest BCUT2D eigenvalue weighted by molar-refractivity contribution is -0.820. The smallest absolute Gasteiger partial charge is 0.477 e. The molecule has 2 aliphatic rings. The second-order valence-electron chi connectivity index (χ2n) is 7.59. The molecule has 144 valence electrons. The number of nitrogens with zero attached hydrogens (tertiary/aromatic N) is 1. The first-order chi connectivity index (χ1) is 13.4. The molecule has 1 aliphatic heterocycles. The largest absolute Gasteiger partial charge is 0.522 e. The number of imide groups is 1. The third kappa shape index (κ3) is 2.15. The van der Waals surface area contributed by atoms with E-state index in [4.69, 9.17) is 0 Å². The average molecular weight is 380 g/mol. The zero-order valence-corrected chi connectivity index (χ0v) is 15.6. The monoisotopic (exact) mass is 380 g/mol. The number of fused-ring (bicyclic) bond motifs is 3. The molecule has 0 radical (unpaired) electrons. The quantitative estimate of drug-likeness (QED) is 0.786. The SMILES string of the molecule is CCC1(C(=O)O)CCC(=O)[N+]1(CC1c2ccccc2-c2ccccc21)C(=O)O. The van der Waals surface area contributed by atoms with E-state index >= 15 is 0 Å². The Morgan fingerprint density at radius 2 is 1.57 bits per heavy atom. The summed E-state index contributed by atoms with van der Waals surface area (Å²) in [7, 11) is 0. The number of carbonyl (C=O) groups excluding carboxylic acids is 1. The zero-order chi connectivity index (χ0) is 20.1. The first-order valence-electron chi connectivity index (χ1n) is 9.45. The minimum absolute atomic E-state index is 0.0392. The molecule has 2 unspecified atom stereocenters. The van der Waals surface area contributed by atoms with Crippen LogP contribution in [0.25, 0.3) is 11.1 Å². The molecule has 2 atom stereocenters. The normalized spacial score (nSPS) is 26.1. The summed E-state index contributed by atoms with van der Waals surface area (Å²) in [5.74, 6) is -2.10. The van der Waals surface area contributed by atoms with Crippen molar-refractivity contribution < 1.29 is 29.1 Å². The number of carbonyl (C=O) groups is 3. The second-order valence-corrected chi connectivity index (χ2v) is 7.59. The van der Waals surface area contributed by atoms with Crippen LogP contribution in [0.2, 0.25) is 0 Å². The highest BCUT2D eigenvalue weighted by Gasteiger charge is 2.70. The molecule has 2 amide bonds. The minimum atomic E-state index is -1.64. The summed E-state index contributed by atoms with van der Waals surface area (Å²) >= 11 is 0. The van der Waals surface area contributed by atoms with Crippen LogP contribution in [0.15, 0.2) is 48.5 Å². The van der Waals surface area contributed by atoms with Gasteiger partial charge in [0.2, 0.25) is 5.54 Å². The number of benzene rings is 2. The fraction of sp³-hybridized carbons (Fsp3) is 0.318. The van der Waals surface area contributed by atoms with Gasteiger partial charge in [-0.3, -0.25) is 0 Å². The van der Waals surface area contributed by atoms with Crippen LogP contribution in [0.4, 0.5) is 4.79 Å². The molecule has 1 aliphatic carbocycles. The van der Waals surface area contributed by atoms with Gasteiger partial charge in [-0.15, -0.1) is 4.48 Å². The Bertz CT molecular complexity index is 954. The number of amides is 2. The van der Waals surface area contributed by atoms with Gasteiger partial charge >= 0.3 is 18.0 Å². The summed E-state index contributed by atoms with van der Waals surface area (Å²) in [5, 5.41) is 20.2. The maximum atomic E-state index is 13.0. The Kier molecular flexibility index (Phi) is 4.12. The predicted molar refractivity (Wildman–Crippen MR) is 102 cm³/mol. The van der Waals surface area contributed by atoms with Crippen LogP contribution in [0.3, 0.4) is 0 Å². The Morgan fingerprint density at radius 3 is 2.04 bits per heavy atom. The van der Waals surface area contributed by atoms with E-state index in [1.807, 2.05) is 48.5 Å². The van der Waals surface area contributed by atoms with Gasteiger partial charge in [0.25, 0.3) is 0 Å². The van der Waals surface area contributed by atoms with Crippen molar-refractivity contribution in [2.45, 2.75) is 37.6 Å². The molecule has 28 heavy (non-hydrogen) atoms. The van der Waals surface area contributed by atoms with Crippen LogP contribution in [0.5, 0.6) is 0 Å². The molecule has 0 saturated carbocycles. The molecule has 2 N–H and O–H groups in total. The standard InChI is InChI=1S/C22H21NO5/c1-2-22(20(25)26)12-11-19(24)23(22,21(27)28)13-18-16-9-5-3-7-14(16)15-8-4-6-10-17(15)18/h3-10,18H,2,11-13H2,1H3,(H-,25,26,27,28)/p+1. The second kappa shape index (κ2) is 6.27. The van der Waals surface area contributed by atoms with Gasteiger partial charge in [-0.1, -0.05) is 55.5 Å². The van der Waals surface area contributed by atoms with E-state index in [2.05, 4.69) is 0 Å². The van der Waals surface area contributed by atoms with Gasteiger partial charge in [0.05, 0.1) is 12.3 Å². The average Bonchev–Trinajstić information content (AvgIpc) is 3.17. The van der Waals surface area contributed by atoms with Crippen LogP contribution in [0.1, 0.15) is 43.2 Å². The first-order valence-corrected chi connectivity index (χ1v) is 9.45. The van der Waals surface area contributed by atoms with E-state index in [0.717, 1.165) is 22.3 Å². The van der Waals surface area contributed by atoms with Gasteiger partial charge in [0.15, 0.2) is 0 Å². The number of hydrogen-bond acceptors (Lipinski definition) is 3. The highest BCUT2D eigenvalue weighted by atomic mass is 16.4. The maximum absolute atomic E-state index is 13.0. The lowest BCUT2D eigenvalue weighted by atomic mass is 9.87. The van der Waals surface area contributed by atoms with Crippen molar-refractivity contribution in [1.29, 1.82) is 0 Å². The van der Waals surface area contributed by atoms with Gasteiger partial charge in [-0.2, -0.15) is 4.79 Å². The molecule has 1 heterocycles. The third-order valence-electron chi connectivity index (χ3n) is 6.64. The van der Waals surface area contributed by atoms with Crippen LogP contribution in [0, 0.1) is 0 Å². The number of quaternary nitrogens is 1. The van der Waals surface area contributed by atoms with Gasteiger partial charge < -0.3 is 10.2 Å². The molecule has 0 bridgehead atoms. The van der Waals surface area contributed by atoms with Gasteiger partial charge in [-0.25, -0.2) is 9.59 Å². The van der Waals surface area contributed by atoms with Crippen LogP contribution >= 0.6 is 0 Å². The fourth-order valence-corrected chi connectivity index (χ4v) is 5.18. The molecule has 0 spiro atoms. The lowest BCUT2D eigenvalue weighted by Crippen LogP contribution is -2.69. The van der Waals surface area contributed by atoms with Crippen molar-refractivity contribution in [3.05, 3.63) is 59.7 Å². The predicted octanol–water partition coefficient (Wildman–Crippen LogP) is 3.85. The molecule has 0 aromatic heterocycles. The third-order valence-corrected chi connectivity index (χ3v) is 6.64. The number of hydrogen-bond donors (Lipinski definition) is 2. The number of carboxylic acid groups (broad SMARTS) is 2. The van der Waals surface area contributed by atoms with Crippen molar-refractivity contribution in [2.24, 2.45) is 0 Å². The summed E-state index contributed by atoms with van der Waals surface area (Å²) in [6.45, 7) is 1.56. The number of carboxylic acids is 1. The van der Waals surface area contributed by atoms with Crippen molar-refractivity contribution in [3.63, 3.8) is 0 Å². The topological polar surface area (TPSA) is 91.7 Å². The number of likely N-dealkylation sites (tertiary alicyclic amines) is 1. The summed E-state index contributed by atoms with van der Waals surface area (Å²) < 4.78 is -1.05. The van der Waals surface area contributed by atoms with Gasteiger partial charge in [0, 0.05) is 12.8 Å². The fourth-order valence-electron chi connectivity index (χ4n) is 5.18. The Labute approximate surface area is 162 Å². The molecule has 1 saturated heterocycles. The highest BCUT2D eigenvalue weighted by Crippen LogP contribution is 2.50. The van der Waals surface area contributed by atoms with Crippen molar-refractivity contribution in [3.8, 4) is 11.1 Å². The van der Waals surface area contributed by atoms with Crippen LogP contribution in [-0.4, -0.2) is 44.7 Å². The molecule has 6 heteroatoms. The van der Waals surface area contributed by atoms with Crippen molar-refractivity contribution in [1.82, 2.24) is 0 Å². The molecular formula is C22H22NO5+. The van der Waals surface area contributed by atoms with Gasteiger partial charge in [0.1, 0.15) is 6.54 Å². The van der Waals surface area contributed by atoms with E-state index < -0.39 is 28.0 Å². The van der Waals surface area contributed by atoms with Crippen LogP contribution < -0.4 is 0 Å². The first kappa shape index (κ1) is 18.4. The summed E-state index contributed by atoms with van der Waals surface area (Å²) in [6, 6.07) is 15.5. The Hall–Kier alpha value is -2.99. The summed E-state index contributed by atoms with van der Waals surface area (Å²) in [6.07, 6.45) is -1.30. The van der Waals surface area contributed by atoms with E-state index in [1.165, 1.54) is 0 Å². The lowest BCUT2D eigenvalue weighted by Gasteiger charge is -2.40. The van der Waals surface area contributed by atoms with E-state index in [1.54, 1.807) is 6.92 Å². The summed E-state index contributed by atoms with van der Waals surface area (Å²) in [4.78, 5) is 37.7. The van der Waals surface area contributed by atoms with E-state index in [0.29, 0.717) is 0 Å².